The van der Waals surface area contributed by atoms with Crippen LogP contribution in [0.25, 0.3) is 0 Å². The standard InChI is InChI=1S/C11H8N2O4/c12-6-11(4-8(14)5-11)7-1-2-10(15)9(3-7)13(16)17/h1-3,15H,4-5H2. The number of nitriles is 1. The van der Waals surface area contributed by atoms with Gasteiger partial charge in [-0.25, -0.2) is 0 Å². The van der Waals surface area contributed by atoms with E-state index >= 15 is 0 Å². The van der Waals surface area contributed by atoms with Crippen LogP contribution in [0.15, 0.2) is 18.2 Å². The third-order valence-corrected chi connectivity index (χ3v) is 2.94. The molecule has 0 bridgehead atoms. The van der Waals surface area contributed by atoms with Gasteiger partial charge in [-0.15, -0.1) is 0 Å². The van der Waals surface area contributed by atoms with Crippen molar-refractivity contribution in [1.29, 1.82) is 5.26 Å². The number of Topliss-reactive ketones (excluding diaryl/α,β-unsaturated/α-hetero) is 1. The van der Waals surface area contributed by atoms with Gasteiger partial charge in [0.25, 0.3) is 0 Å². The Bertz CT molecular complexity index is 551. The molecular weight excluding hydrogens is 224 g/mol. The quantitative estimate of drug-likeness (QED) is 0.613. The van der Waals surface area contributed by atoms with Gasteiger partial charge in [-0.3, -0.25) is 14.9 Å². The van der Waals surface area contributed by atoms with E-state index in [1.165, 1.54) is 12.1 Å². The average molecular weight is 232 g/mol. The minimum Gasteiger partial charge on any atom is -0.502 e. The van der Waals surface area contributed by atoms with Crippen LogP contribution in [-0.4, -0.2) is 15.8 Å². The summed E-state index contributed by atoms with van der Waals surface area (Å²) in [6.07, 6.45) is 0.150. The summed E-state index contributed by atoms with van der Waals surface area (Å²) in [5, 5.41) is 29.0. The molecule has 6 heteroatoms. The van der Waals surface area contributed by atoms with Crippen molar-refractivity contribution in [2.45, 2.75) is 18.3 Å². The van der Waals surface area contributed by atoms with Gasteiger partial charge in [-0.1, -0.05) is 6.07 Å². The van der Waals surface area contributed by atoms with Crippen molar-refractivity contribution in [3.8, 4) is 11.8 Å². The van der Waals surface area contributed by atoms with Gasteiger partial charge in [-0.05, 0) is 11.6 Å². The molecule has 1 aromatic rings. The maximum absolute atomic E-state index is 11.0. The van der Waals surface area contributed by atoms with Crippen LogP contribution in [0.5, 0.6) is 5.75 Å². The largest absolute Gasteiger partial charge is 0.502 e. The van der Waals surface area contributed by atoms with Crippen LogP contribution in [0.4, 0.5) is 5.69 Å². The summed E-state index contributed by atoms with van der Waals surface area (Å²) in [4.78, 5) is 20.9. The van der Waals surface area contributed by atoms with Gasteiger partial charge in [0, 0.05) is 18.9 Å². The second kappa shape index (κ2) is 3.56. The minimum absolute atomic E-state index is 0.0396. The lowest BCUT2D eigenvalue weighted by Gasteiger charge is -2.33. The number of nitro groups is 1. The molecule has 1 aliphatic carbocycles. The molecule has 1 saturated carbocycles. The zero-order chi connectivity index (χ0) is 12.6. The number of ketones is 1. The lowest BCUT2D eigenvalue weighted by Crippen LogP contribution is -2.40. The van der Waals surface area contributed by atoms with Crippen LogP contribution < -0.4 is 0 Å². The van der Waals surface area contributed by atoms with Crippen LogP contribution in [0.3, 0.4) is 0 Å². The Morgan fingerprint density at radius 2 is 2.12 bits per heavy atom. The lowest BCUT2D eigenvalue weighted by molar-refractivity contribution is -0.386. The van der Waals surface area contributed by atoms with Crippen LogP contribution in [-0.2, 0) is 10.2 Å². The number of rotatable bonds is 2. The topological polar surface area (TPSA) is 104 Å². The van der Waals surface area contributed by atoms with Crippen molar-refractivity contribution in [2.75, 3.05) is 0 Å². The zero-order valence-corrected chi connectivity index (χ0v) is 8.71. The molecule has 6 nitrogen and oxygen atoms in total. The van der Waals surface area contributed by atoms with E-state index in [1.54, 1.807) is 0 Å². The average Bonchev–Trinajstić information content (AvgIpc) is 2.25. The molecule has 0 spiro atoms. The molecule has 86 valence electrons. The second-order valence-electron chi connectivity index (χ2n) is 4.05. The van der Waals surface area contributed by atoms with Crippen LogP contribution >= 0.6 is 0 Å². The van der Waals surface area contributed by atoms with Crippen LogP contribution in [0.2, 0.25) is 0 Å². The summed E-state index contributed by atoms with van der Waals surface area (Å²) < 4.78 is 0. The summed E-state index contributed by atoms with van der Waals surface area (Å²) in [6.45, 7) is 0. The molecule has 1 aromatic carbocycles. The molecular formula is C11H8N2O4. The van der Waals surface area contributed by atoms with E-state index in [9.17, 15) is 20.0 Å². The van der Waals surface area contributed by atoms with Gasteiger partial charge in [0.1, 0.15) is 5.78 Å². The number of aromatic hydroxyl groups is 1. The number of hydrogen-bond acceptors (Lipinski definition) is 5. The Morgan fingerprint density at radius 3 is 2.59 bits per heavy atom. The first kappa shape index (κ1) is 11.1. The lowest BCUT2D eigenvalue weighted by atomic mass is 9.64. The van der Waals surface area contributed by atoms with Gasteiger partial charge in [-0.2, -0.15) is 5.26 Å². The number of benzene rings is 1. The van der Waals surface area contributed by atoms with Crippen molar-refractivity contribution in [3.05, 3.63) is 33.9 Å². The first-order chi connectivity index (χ1) is 7.98. The Morgan fingerprint density at radius 1 is 1.47 bits per heavy atom. The molecule has 17 heavy (non-hydrogen) atoms. The van der Waals surface area contributed by atoms with Gasteiger partial charge in [0.15, 0.2) is 5.75 Å². The van der Waals surface area contributed by atoms with E-state index in [0.717, 1.165) is 6.07 Å². The normalized spacial score (nSPS) is 17.0. The van der Waals surface area contributed by atoms with Gasteiger partial charge >= 0.3 is 5.69 Å². The number of nitro benzene ring substituents is 1. The van der Waals surface area contributed by atoms with Crippen molar-refractivity contribution in [2.24, 2.45) is 0 Å². The Hall–Kier alpha value is -2.42. The molecule has 0 radical (unpaired) electrons. The number of phenolic OH excluding ortho intramolecular Hbond substituents is 1. The highest BCUT2D eigenvalue weighted by Gasteiger charge is 2.46. The van der Waals surface area contributed by atoms with Crippen LogP contribution in [0.1, 0.15) is 18.4 Å². The molecule has 0 saturated heterocycles. The summed E-state index contributed by atoms with van der Waals surface area (Å²) in [5.74, 6) is -0.486. The predicted octanol–water partition coefficient (Wildman–Crippen LogP) is 1.42. The molecule has 1 aliphatic rings. The molecule has 0 unspecified atom stereocenters. The van der Waals surface area contributed by atoms with E-state index in [0.29, 0.717) is 5.56 Å². The number of hydrogen-bond donors (Lipinski definition) is 1. The number of nitrogens with zero attached hydrogens (tertiary/aromatic N) is 2. The molecule has 0 heterocycles. The second-order valence-corrected chi connectivity index (χ2v) is 4.05. The van der Waals surface area contributed by atoms with E-state index in [2.05, 4.69) is 0 Å². The number of carbonyl (C=O) groups excluding carboxylic acids is 1. The molecule has 0 atom stereocenters. The van der Waals surface area contributed by atoms with Gasteiger partial charge in [0.05, 0.1) is 16.4 Å². The summed E-state index contributed by atoms with van der Waals surface area (Å²) in [5.41, 5.74) is -1.00. The third kappa shape index (κ3) is 1.61. The number of phenols is 1. The van der Waals surface area contributed by atoms with Crippen LogP contribution in [0, 0.1) is 21.4 Å². The Labute approximate surface area is 96.3 Å². The maximum Gasteiger partial charge on any atom is 0.311 e. The molecule has 0 amide bonds. The molecule has 0 aliphatic heterocycles. The van der Waals surface area contributed by atoms with Crippen molar-refractivity contribution in [3.63, 3.8) is 0 Å². The number of carbonyl (C=O) groups is 1. The fourth-order valence-corrected chi connectivity index (χ4v) is 1.94. The minimum atomic E-state index is -0.963. The monoisotopic (exact) mass is 232 g/mol. The Balaban J connectivity index is 2.47. The molecule has 0 aromatic heterocycles. The third-order valence-electron chi connectivity index (χ3n) is 2.94. The fraction of sp³-hybridized carbons (Fsp3) is 0.273. The Kier molecular flexibility index (Phi) is 2.32. The predicted molar refractivity (Wildman–Crippen MR) is 56.3 cm³/mol. The molecule has 1 N–H and O–H groups in total. The van der Waals surface area contributed by atoms with Crippen molar-refractivity contribution in [1.82, 2.24) is 0 Å². The highest BCUT2D eigenvalue weighted by Crippen LogP contribution is 2.43. The highest BCUT2D eigenvalue weighted by atomic mass is 16.6. The van der Waals surface area contributed by atoms with E-state index in [-0.39, 0.29) is 18.6 Å². The summed E-state index contributed by atoms with van der Waals surface area (Å²) in [7, 11) is 0. The first-order valence-electron chi connectivity index (χ1n) is 4.89. The molecule has 1 fully saturated rings. The van der Waals surface area contributed by atoms with Crippen molar-refractivity contribution >= 4 is 11.5 Å². The SMILES string of the molecule is N#CC1(c2ccc(O)c([N+](=O)[O-])c2)CC(=O)C1. The maximum atomic E-state index is 11.0. The molecule has 2 rings (SSSR count). The van der Waals surface area contributed by atoms with E-state index in [1.807, 2.05) is 6.07 Å². The highest BCUT2D eigenvalue weighted by molar-refractivity contribution is 5.90. The van der Waals surface area contributed by atoms with E-state index < -0.39 is 21.8 Å². The summed E-state index contributed by atoms with van der Waals surface area (Å²) in [6, 6.07) is 5.80. The zero-order valence-electron chi connectivity index (χ0n) is 8.71. The van der Waals surface area contributed by atoms with Crippen molar-refractivity contribution < 1.29 is 14.8 Å². The van der Waals surface area contributed by atoms with Gasteiger partial charge < -0.3 is 5.11 Å². The fourth-order valence-electron chi connectivity index (χ4n) is 1.94. The first-order valence-corrected chi connectivity index (χ1v) is 4.89. The van der Waals surface area contributed by atoms with Gasteiger partial charge in [0.2, 0.25) is 0 Å². The van der Waals surface area contributed by atoms with E-state index in [4.69, 9.17) is 5.26 Å². The smallest absolute Gasteiger partial charge is 0.311 e. The summed E-state index contributed by atoms with van der Waals surface area (Å²) >= 11 is 0.